The highest BCUT2D eigenvalue weighted by Crippen LogP contribution is 2.58. The number of furan rings is 1. The maximum atomic E-state index is 5.65. The lowest BCUT2D eigenvalue weighted by molar-refractivity contribution is 0.205. The molecule has 104 valence electrons. The van der Waals surface area contributed by atoms with Crippen molar-refractivity contribution in [3.05, 3.63) is 21.0 Å². The average Bonchev–Trinajstić information content (AvgIpc) is 3.09. The standard InChI is InChI=1S/C15H19Br2NO/c16-13-6-9(19-15(13)17)7-18-14-5-8-4-12(14)11-3-1-2-10(8)11/h6,8,10-12,14,18H,1-5,7H2. The van der Waals surface area contributed by atoms with E-state index in [4.69, 9.17) is 4.42 Å². The van der Waals surface area contributed by atoms with Gasteiger partial charge in [-0.05, 0) is 87.3 Å². The zero-order valence-electron chi connectivity index (χ0n) is 10.9. The molecule has 1 aromatic heterocycles. The Balaban J connectivity index is 1.40. The van der Waals surface area contributed by atoms with Crippen LogP contribution < -0.4 is 5.32 Å². The van der Waals surface area contributed by atoms with Crippen molar-refractivity contribution < 1.29 is 4.42 Å². The van der Waals surface area contributed by atoms with Crippen molar-refractivity contribution in [1.82, 2.24) is 5.32 Å². The Kier molecular flexibility index (Phi) is 3.32. The van der Waals surface area contributed by atoms with Crippen molar-refractivity contribution in [3.8, 4) is 0 Å². The van der Waals surface area contributed by atoms with Gasteiger partial charge in [0.05, 0.1) is 11.0 Å². The molecular weight excluding hydrogens is 370 g/mol. The Hall–Kier alpha value is 0.200. The van der Waals surface area contributed by atoms with Crippen LogP contribution in [0.5, 0.6) is 0 Å². The molecule has 0 radical (unpaired) electrons. The van der Waals surface area contributed by atoms with Crippen LogP contribution in [0.25, 0.3) is 0 Å². The van der Waals surface area contributed by atoms with Gasteiger partial charge < -0.3 is 9.73 Å². The molecule has 2 nitrogen and oxygen atoms in total. The highest BCUT2D eigenvalue weighted by atomic mass is 79.9. The quantitative estimate of drug-likeness (QED) is 0.810. The van der Waals surface area contributed by atoms with E-state index >= 15 is 0 Å². The zero-order valence-corrected chi connectivity index (χ0v) is 14.0. The first kappa shape index (κ1) is 12.9. The second kappa shape index (κ2) is 4.88. The van der Waals surface area contributed by atoms with E-state index in [0.717, 1.165) is 51.2 Å². The molecule has 0 amide bonds. The Labute approximate surface area is 131 Å². The molecule has 4 heteroatoms. The van der Waals surface area contributed by atoms with E-state index in [1.54, 1.807) is 0 Å². The summed E-state index contributed by atoms with van der Waals surface area (Å²) < 4.78 is 7.45. The van der Waals surface area contributed by atoms with Gasteiger partial charge >= 0.3 is 0 Å². The number of hydrogen-bond acceptors (Lipinski definition) is 2. The summed E-state index contributed by atoms with van der Waals surface area (Å²) in [5, 5.41) is 3.75. The van der Waals surface area contributed by atoms with E-state index in [1.165, 1.54) is 32.1 Å². The fraction of sp³-hybridized carbons (Fsp3) is 0.733. The Bertz CT molecular complexity index is 467. The summed E-state index contributed by atoms with van der Waals surface area (Å²) in [6.45, 7) is 0.857. The second-order valence-electron chi connectivity index (χ2n) is 6.48. The van der Waals surface area contributed by atoms with Crippen molar-refractivity contribution in [3.63, 3.8) is 0 Å². The van der Waals surface area contributed by atoms with Crippen LogP contribution in [0.4, 0.5) is 0 Å². The van der Waals surface area contributed by atoms with Gasteiger partial charge in [-0.1, -0.05) is 6.42 Å². The molecule has 3 saturated carbocycles. The molecule has 3 aliphatic carbocycles. The van der Waals surface area contributed by atoms with Gasteiger partial charge in [0.25, 0.3) is 0 Å². The third-order valence-electron chi connectivity index (χ3n) is 5.66. The largest absolute Gasteiger partial charge is 0.452 e. The topological polar surface area (TPSA) is 25.2 Å². The predicted octanol–water partition coefficient (Wildman–Crippen LogP) is 4.72. The van der Waals surface area contributed by atoms with Crippen molar-refractivity contribution >= 4 is 31.9 Å². The van der Waals surface area contributed by atoms with Crippen LogP contribution in [0.15, 0.2) is 19.6 Å². The molecular formula is C15H19Br2NO. The Morgan fingerprint density at radius 2 is 2.00 bits per heavy atom. The number of halogens is 2. The van der Waals surface area contributed by atoms with Crippen LogP contribution in [0.2, 0.25) is 0 Å². The molecule has 4 rings (SSSR count). The fourth-order valence-electron chi connectivity index (χ4n) is 5.01. The van der Waals surface area contributed by atoms with Crippen LogP contribution in [0.3, 0.4) is 0 Å². The number of rotatable bonds is 3. The SMILES string of the molecule is Brc1cc(CNC2CC3CC2C2CCCC32)oc1Br. The fourth-order valence-corrected chi connectivity index (χ4v) is 5.67. The lowest BCUT2D eigenvalue weighted by atomic mass is 9.79. The number of hydrogen-bond donors (Lipinski definition) is 1. The lowest BCUT2D eigenvalue weighted by Crippen LogP contribution is -2.38. The minimum atomic E-state index is 0.729. The molecule has 5 atom stereocenters. The van der Waals surface area contributed by atoms with E-state index in [1.807, 2.05) is 0 Å². The zero-order chi connectivity index (χ0) is 13.0. The maximum absolute atomic E-state index is 5.65. The number of fused-ring (bicyclic) bond motifs is 5. The predicted molar refractivity (Wildman–Crippen MR) is 81.8 cm³/mol. The van der Waals surface area contributed by atoms with Gasteiger partial charge in [0.15, 0.2) is 4.67 Å². The van der Waals surface area contributed by atoms with Gasteiger partial charge in [0.1, 0.15) is 5.76 Å². The van der Waals surface area contributed by atoms with Crippen molar-refractivity contribution in [1.29, 1.82) is 0 Å². The summed E-state index contributed by atoms with van der Waals surface area (Å²) >= 11 is 6.87. The first-order chi connectivity index (χ1) is 9.22. The molecule has 3 fully saturated rings. The minimum Gasteiger partial charge on any atom is -0.452 e. The molecule has 0 saturated heterocycles. The number of nitrogens with one attached hydrogen (secondary N) is 1. The first-order valence-corrected chi connectivity index (χ1v) is 8.98. The molecule has 1 heterocycles. The molecule has 3 aliphatic rings. The molecule has 1 aromatic rings. The van der Waals surface area contributed by atoms with Crippen LogP contribution in [-0.2, 0) is 6.54 Å². The van der Waals surface area contributed by atoms with Gasteiger partial charge in [-0.3, -0.25) is 0 Å². The first-order valence-electron chi connectivity index (χ1n) is 7.39. The Morgan fingerprint density at radius 3 is 2.79 bits per heavy atom. The van der Waals surface area contributed by atoms with Crippen molar-refractivity contribution in [2.24, 2.45) is 23.7 Å². The summed E-state index contributed by atoms with van der Waals surface area (Å²) in [7, 11) is 0. The summed E-state index contributed by atoms with van der Waals surface area (Å²) in [5.74, 6) is 5.09. The van der Waals surface area contributed by atoms with Crippen molar-refractivity contribution in [2.75, 3.05) is 0 Å². The van der Waals surface area contributed by atoms with Crippen LogP contribution in [0, 0.1) is 23.7 Å². The monoisotopic (exact) mass is 387 g/mol. The van der Waals surface area contributed by atoms with Gasteiger partial charge in [-0.2, -0.15) is 0 Å². The smallest absolute Gasteiger partial charge is 0.183 e. The normalized spacial score (nSPS) is 40.0. The maximum Gasteiger partial charge on any atom is 0.183 e. The van der Waals surface area contributed by atoms with Crippen molar-refractivity contribution in [2.45, 2.75) is 44.7 Å². The minimum absolute atomic E-state index is 0.729. The summed E-state index contributed by atoms with van der Waals surface area (Å²) in [6, 6.07) is 2.79. The second-order valence-corrected chi connectivity index (χ2v) is 8.05. The van der Waals surface area contributed by atoms with Crippen LogP contribution in [0.1, 0.15) is 37.9 Å². The summed E-state index contributed by atoms with van der Waals surface area (Å²) in [6.07, 6.45) is 7.36. The lowest BCUT2D eigenvalue weighted by Gasteiger charge is -2.32. The highest BCUT2D eigenvalue weighted by Gasteiger charge is 2.53. The highest BCUT2D eigenvalue weighted by molar-refractivity contribution is 9.13. The van der Waals surface area contributed by atoms with E-state index < -0.39 is 0 Å². The molecule has 2 bridgehead atoms. The van der Waals surface area contributed by atoms with Gasteiger partial charge in [-0.15, -0.1) is 0 Å². The van der Waals surface area contributed by atoms with Gasteiger partial charge in [0.2, 0.25) is 0 Å². The Morgan fingerprint density at radius 1 is 1.16 bits per heavy atom. The van der Waals surface area contributed by atoms with Gasteiger partial charge in [-0.25, -0.2) is 0 Å². The molecule has 5 unspecified atom stereocenters. The summed E-state index contributed by atoms with van der Waals surface area (Å²) in [5.41, 5.74) is 0. The molecule has 0 spiro atoms. The van der Waals surface area contributed by atoms with Gasteiger partial charge in [0, 0.05) is 6.04 Å². The van der Waals surface area contributed by atoms with E-state index in [9.17, 15) is 0 Å². The molecule has 0 aromatic carbocycles. The van der Waals surface area contributed by atoms with E-state index in [-0.39, 0.29) is 0 Å². The molecule has 0 aliphatic heterocycles. The summed E-state index contributed by atoms with van der Waals surface area (Å²) in [4.78, 5) is 0. The van der Waals surface area contributed by atoms with E-state index in [0.29, 0.717) is 0 Å². The third-order valence-corrected chi connectivity index (χ3v) is 7.37. The van der Waals surface area contributed by atoms with E-state index in [2.05, 4.69) is 43.2 Å². The van der Waals surface area contributed by atoms with Crippen LogP contribution >= 0.6 is 31.9 Å². The average molecular weight is 389 g/mol. The van der Waals surface area contributed by atoms with Crippen LogP contribution in [-0.4, -0.2) is 6.04 Å². The molecule has 19 heavy (non-hydrogen) atoms. The molecule has 1 N–H and O–H groups in total. The third kappa shape index (κ3) is 2.14.